The van der Waals surface area contributed by atoms with Gasteiger partial charge >= 0.3 is 0 Å². The first-order valence-corrected chi connectivity index (χ1v) is 10.00. The van der Waals surface area contributed by atoms with Crippen molar-refractivity contribution >= 4 is 41.5 Å². The number of aliphatic imine (C=N–C) groups is 1. The first kappa shape index (κ1) is 24.1. The van der Waals surface area contributed by atoms with E-state index in [1.807, 2.05) is 31.3 Å². The Bertz CT molecular complexity index is 808. The molecule has 0 atom stereocenters. The van der Waals surface area contributed by atoms with Crippen molar-refractivity contribution in [1.29, 1.82) is 0 Å². The highest BCUT2D eigenvalue weighted by molar-refractivity contribution is 14.0. The van der Waals surface area contributed by atoms with E-state index in [9.17, 15) is 4.79 Å². The highest BCUT2D eigenvalue weighted by Crippen LogP contribution is 2.28. The molecule has 1 saturated carbocycles. The molecule has 1 aromatic carbocycles. The van der Waals surface area contributed by atoms with Crippen LogP contribution in [0.2, 0.25) is 0 Å². The Morgan fingerprint density at radius 3 is 2.90 bits per heavy atom. The monoisotopic (exact) mass is 526 g/mol. The summed E-state index contributed by atoms with van der Waals surface area (Å²) >= 11 is 0. The Hall–Kier alpha value is -2.14. The van der Waals surface area contributed by atoms with E-state index in [0.29, 0.717) is 13.2 Å². The van der Waals surface area contributed by atoms with Crippen molar-refractivity contribution in [3.63, 3.8) is 0 Å². The van der Waals surface area contributed by atoms with E-state index >= 15 is 0 Å². The summed E-state index contributed by atoms with van der Waals surface area (Å²) in [7, 11) is 3.78. The number of aromatic nitrogens is 2. The van der Waals surface area contributed by atoms with Crippen LogP contribution in [0.25, 0.3) is 0 Å². The maximum atomic E-state index is 12.1. The van der Waals surface area contributed by atoms with Crippen LogP contribution in [-0.2, 0) is 22.6 Å². The fourth-order valence-electron chi connectivity index (χ4n) is 2.91. The number of ether oxygens (including phenoxy) is 1. The van der Waals surface area contributed by atoms with Crippen LogP contribution >= 0.6 is 24.0 Å². The smallest absolute Gasteiger partial charge is 0.246 e. The van der Waals surface area contributed by atoms with E-state index in [-0.39, 0.29) is 36.4 Å². The van der Waals surface area contributed by atoms with Crippen molar-refractivity contribution in [3.8, 4) is 0 Å². The van der Waals surface area contributed by atoms with Crippen LogP contribution in [-0.4, -0.2) is 60.4 Å². The third kappa shape index (κ3) is 8.31. The highest BCUT2D eigenvalue weighted by atomic mass is 127. The zero-order valence-corrected chi connectivity index (χ0v) is 19.9. The fraction of sp³-hybridized carbons (Fsp3) is 0.476. The largest absolute Gasteiger partial charge is 0.379 e. The summed E-state index contributed by atoms with van der Waals surface area (Å²) < 4.78 is 7.30. The summed E-state index contributed by atoms with van der Waals surface area (Å²) in [6.07, 6.45) is 6.03. The van der Waals surface area contributed by atoms with Gasteiger partial charge in [-0.3, -0.25) is 14.5 Å². The van der Waals surface area contributed by atoms with Gasteiger partial charge in [0, 0.05) is 51.9 Å². The van der Waals surface area contributed by atoms with Crippen LogP contribution in [0.5, 0.6) is 0 Å². The average Bonchev–Trinajstić information content (AvgIpc) is 3.40. The van der Waals surface area contributed by atoms with Crippen molar-refractivity contribution < 1.29 is 9.53 Å². The predicted octanol–water partition coefficient (Wildman–Crippen LogP) is 2.57. The molecular formula is C21H31IN6O2. The van der Waals surface area contributed by atoms with E-state index in [0.717, 1.165) is 36.3 Å². The Labute approximate surface area is 195 Å². The summed E-state index contributed by atoms with van der Waals surface area (Å²) in [5.74, 6) is 1.48. The molecule has 9 heteroatoms. The molecule has 1 heterocycles. The van der Waals surface area contributed by atoms with E-state index in [1.165, 1.54) is 12.8 Å². The molecule has 8 nitrogen and oxygen atoms in total. The third-order valence-electron chi connectivity index (χ3n) is 4.72. The van der Waals surface area contributed by atoms with E-state index in [1.54, 1.807) is 30.2 Å². The zero-order chi connectivity index (χ0) is 20.5. The first-order chi connectivity index (χ1) is 14.1. The second kappa shape index (κ2) is 12.5. The van der Waals surface area contributed by atoms with Gasteiger partial charge in [0.15, 0.2) is 5.96 Å². The molecule has 0 saturated heterocycles. The molecule has 2 N–H and O–H groups in total. The molecule has 1 fully saturated rings. The minimum absolute atomic E-state index is 0. The molecule has 1 aliphatic rings. The number of anilines is 1. The maximum Gasteiger partial charge on any atom is 0.246 e. The Morgan fingerprint density at radius 1 is 1.37 bits per heavy atom. The predicted molar refractivity (Wildman–Crippen MR) is 129 cm³/mol. The number of guanidine groups is 1. The normalized spacial score (nSPS) is 13.5. The summed E-state index contributed by atoms with van der Waals surface area (Å²) in [6, 6.07) is 9.58. The summed E-state index contributed by atoms with van der Waals surface area (Å²) in [6.45, 7) is 3.17. The fourth-order valence-corrected chi connectivity index (χ4v) is 2.91. The van der Waals surface area contributed by atoms with Gasteiger partial charge in [0.05, 0.1) is 6.61 Å². The van der Waals surface area contributed by atoms with Crippen LogP contribution in [0, 0.1) is 5.92 Å². The van der Waals surface area contributed by atoms with Crippen molar-refractivity contribution in [1.82, 2.24) is 20.0 Å². The van der Waals surface area contributed by atoms with Crippen LogP contribution in [0.3, 0.4) is 0 Å². The van der Waals surface area contributed by atoms with E-state index < -0.39 is 0 Å². The molecule has 164 valence electrons. The molecular weight excluding hydrogens is 495 g/mol. The van der Waals surface area contributed by atoms with Crippen LogP contribution in [0.4, 0.5) is 5.69 Å². The lowest BCUT2D eigenvalue weighted by Gasteiger charge is -2.22. The number of carbonyl (C=O) groups excluding carboxylic acids is 1. The van der Waals surface area contributed by atoms with Gasteiger partial charge < -0.3 is 20.3 Å². The van der Waals surface area contributed by atoms with Gasteiger partial charge in [0.1, 0.15) is 6.54 Å². The molecule has 0 radical (unpaired) electrons. The summed E-state index contributed by atoms with van der Waals surface area (Å²) in [4.78, 5) is 18.5. The second-order valence-corrected chi connectivity index (χ2v) is 7.29. The summed E-state index contributed by atoms with van der Waals surface area (Å²) in [5, 5.41) is 10.3. The average molecular weight is 526 g/mol. The highest BCUT2D eigenvalue weighted by Gasteiger charge is 2.21. The van der Waals surface area contributed by atoms with Crippen LogP contribution < -0.4 is 10.6 Å². The molecule has 0 aliphatic heterocycles. The van der Waals surface area contributed by atoms with E-state index in [2.05, 4.69) is 25.6 Å². The Balaban J connectivity index is 0.00000320. The third-order valence-corrected chi connectivity index (χ3v) is 4.72. The molecule has 0 bridgehead atoms. The van der Waals surface area contributed by atoms with Crippen molar-refractivity contribution in [2.45, 2.75) is 25.9 Å². The number of nitrogens with one attached hydrogen (secondary N) is 2. The lowest BCUT2D eigenvalue weighted by molar-refractivity contribution is -0.116. The lowest BCUT2D eigenvalue weighted by atomic mass is 10.2. The number of nitrogens with zero attached hydrogens (tertiary/aromatic N) is 4. The zero-order valence-electron chi connectivity index (χ0n) is 17.6. The molecule has 1 aromatic heterocycles. The molecule has 30 heavy (non-hydrogen) atoms. The second-order valence-electron chi connectivity index (χ2n) is 7.29. The molecule has 1 amide bonds. The summed E-state index contributed by atoms with van der Waals surface area (Å²) in [5.41, 5.74) is 1.82. The van der Waals surface area contributed by atoms with Gasteiger partial charge in [0.2, 0.25) is 5.91 Å². The number of hydrogen-bond acceptors (Lipinski definition) is 4. The molecule has 0 spiro atoms. The van der Waals surface area contributed by atoms with Crippen molar-refractivity contribution in [3.05, 3.63) is 48.3 Å². The van der Waals surface area contributed by atoms with Crippen molar-refractivity contribution in [2.24, 2.45) is 10.9 Å². The minimum Gasteiger partial charge on any atom is -0.379 e. The lowest BCUT2D eigenvalue weighted by Crippen LogP contribution is -2.40. The van der Waals surface area contributed by atoms with Crippen molar-refractivity contribution in [2.75, 3.05) is 39.2 Å². The quantitative estimate of drug-likeness (QED) is 0.215. The number of carbonyl (C=O) groups is 1. The van der Waals surface area contributed by atoms with Gasteiger partial charge in [0.25, 0.3) is 0 Å². The molecule has 1 aliphatic carbocycles. The number of amides is 1. The number of hydrogen-bond donors (Lipinski definition) is 2. The van der Waals surface area contributed by atoms with E-state index in [4.69, 9.17) is 4.74 Å². The standard InChI is InChI=1S/C21H30N6O2.HI/c1-22-21(26(2)11-12-29-16-17-7-8-17)23-14-18-5-3-6-19(13-18)25-20(28)15-27-10-4-9-24-27;/h3-6,9-10,13,17H,7-8,11-12,14-16H2,1-2H3,(H,22,23)(H,25,28);1H. The number of likely N-dealkylation sites (N-methyl/N-ethyl adjacent to an activating group) is 1. The number of rotatable bonds is 10. The number of benzene rings is 1. The molecule has 0 unspecified atom stereocenters. The first-order valence-electron chi connectivity index (χ1n) is 10.00. The molecule has 3 rings (SSSR count). The van der Waals surface area contributed by atoms with Crippen LogP contribution in [0.1, 0.15) is 18.4 Å². The van der Waals surface area contributed by atoms with Gasteiger partial charge in [-0.25, -0.2) is 0 Å². The molecule has 2 aromatic rings. The van der Waals surface area contributed by atoms with Crippen LogP contribution in [0.15, 0.2) is 47.7 Å². The minimum atomic E-state index is -0.111. The number of halogens is 1. The van der Waals surface area contributed by atoms with Gasteiger partial charge in [-0.05, 0) is 42.5 Å². The van der Waals surface area contributed by atoms with Gasteiger partial charge in [-0.15, -0.1) is 24.0 Å². The SMILES string of the molecule is CN=C(NCc1cccc(NC(=O)Cn2cccn2)c1)N(C)CCOCC1CC1.I. The maximum absolute atomic E-state index is 12.1. The van der Waals surface area contributed by atoms with Gasteiger partial charge in [-0.1, -0.05) is 12.1 Å². The topological polar surface area (TPSA) is 83.8 Å². The Kier molecular flexibility index (Phi) is 10.1. The Morgan fingerprint density at radius 2 is 2.20 bits per heavy atom. The van der Waals surface area contributed by atoms with Gasteiger partial charge in [-0.2, -0.15) is 5.10 Å².